The third kappa shape index (κ3) is 5.33. The quantitative estimate of drug-likeness (QED) is 0.376. The van der Waals surface area contributed by atoms with Crippen molar-refractivity contribution in [1.29, 1.82) is 5.26 Å². The number of fused-ring (bicyclic) bond motifs is 1. The molecule has 7 heteroatoms. The summed E-state index contributed by atoms with van der Waals surface area (Å²) in [5.74, 6) is -0.477. The molecule has 1 aliphatic rings. The second-order valence-corrected chi connectivity index (χ2v) is 10.3. The molecule has 0 saturated carbocycles. The fourth-order valence-corrected chi connectivity index (χ4v) is 4.84. The SMILES string of the molecule is CC(C)Cc1ccc(C(C)C(=O)Nc2c(C#N)c3n(c2C(=O)Nc2ccc(Br)cc2)CCC3)cc1. The maximum absolute atomic E-state index is 13.4. The third-order valence-corrected chi connectivity index (χ3v) is 6.89. The molecular weight excluding hydrogens is 504 g/mol. The van der Waals surface area contributed by atoms with Gasteiger partial charge >= 0.3 is 0 Å². The van der Waals surface area contributed by atoms with Gasteiger partial charge in [-0.2, -0.15) is 5.26 Å². The van der Waals surface area contributed by atoms with Crippen molar-refractivity contribution in [3.63, 3.8) is 0 Å². The molecule has 0 radical (unpaired) electrons. The van der Waals surface area contributed by atoms with Crippen molar-refractivity contribution in [2.24, 2.45) is 5.92 Å². The molecule has 180 valence electrons. The Hall–Kier alpha value is -3.37. The van der Waals surface area contributed by atoms with Crippen LogP contribution in [0.1, 0.15) is 66.0 Å². The molecule has 0 fully saturated rings. The Labute approximate surface area is 214 Å². The molecule has 6 nitrogen and oxygen atoms in total. The fourth-order valence-electron chi connectivity index (χ4n) is 4.58. The number of nitrogens with one attached hydrogen (secondary N) is 2. The van der Waals surface area contributed by atoms with Crippen molar-refractivity contribution in [3.05, 3.63) is 81.1 Å². The van der Waals surface area contributed by atoms with Gasteiger partial charge in [0.15, 0.2) is 0 Å². The molecule has 3 aromatic rings. The minimum absolute atomic E-state index is 0.250. The number of rotatable bonds is 7. The molecular formula is C28H29BrN4O2. The van der Waals surface area contributed by atoms with Crippen LogP contribution in [0.4, 0.5) is 11.4 Å². The summed E-state index contributed by atoms with van der Waals surface area (Å²) in [6, 6.07) is 17.6. The van der Waals surface area contributed by atoms with E-state index >= 15 is 0 Å². The maximum atomic E-state index is 13.4. The summed E-state index contributed by atoms with van der Waals surface area (Å²) in [6.07, 6.45) is 2.54. The Bertz CT molecular complexity index is 1280. The van der Waals surface area contributed by atoms with Crippen LogP contribution in [0.3, 0.4) is 0 Å². The van der Waals surface area contributed by atoms with E-state index in [-0.39, 0.29) is 11.8 Å². The largest absolute Gasteiger partial charge is 0.337 e. The van der Waals surface area contributed by atoms with E-state index in [2.05, 4.69) is 58.6 Å². The summed E-state index contributed by atoms with van der Waals surface area (Å²) in [4.78, 5) is 26.6. The highest BCUT2D eigenvalue weighted by atomic mass is 79.9. The summed E-state index contributed by atoms with van der Waals surface area (Å²) in [6.45, 7) is 6.83. The lowest BCUT2D eigenvalue weighted by Crippen LogP contribution is -2.23. The van der Waals surface area contributed by atoms with Gasteiger partial charge in [0.25, 0.3) is 5.91 Å². The summed E-state index contributed by atoms with van der Waals surface area (Å²) >= 11 is 3.40. The number of hydrogen-bond donors (Lipinski definition) is 2. The normalized spacial score (nSPS) is 13.3. The standard InChI is InChI=1S/C28H29BrN4O2/c1-17(2)15-19-6-8-20(9-7-19)18(3)27(34)32-25-23(16-30)24-5-4-14-33(24)26(25)28(35)31-22-12-10-21(29)11-13-22/h6-13,17-18H,4-5,14-15H2,1-3H3,(H,31,35)(H,32,34). The van der Waals surface area contributed by atoms with E-state index < -0.39 is 5.92 Å². The highest BCUT2D eigenvalue weighted by molar-refractivity contribution is 9.10. The van der Waals surface area contributed by atoms with Crippen LogP contribution in [0, 0.1) is 17.2 Å². The highest BCUT2D eigenvalue weighted by Gasteiger charge is 2.31. The predicted octanol–water partition coefficient (Wildman–Crippen LogP) is 6.26. The van der Waals surface area contributed by atoms with E-state index in [1.807, 2.05) is 35.8 Å². The van der Waals surface area contributed by atoms with Crippen LogP contribution in [-0.2, 0) is 24.2 Å². The number of amides is 2. The second kappa shape index (κ2) is 10.5. The second-order valence-electron chi connectivity index (χ2n) is 9.42. The van der Waals surface area contributed by atoms with Crippen molar-refractivity contribution in [3.8, 4) is 6.07 Å². The first-order chi connectivity index (χ1) is 16.8. The van der Waals surface area contributed by atoms with Crippen LogP contribution in [0.2, 0.25) is 0 Å². The van der Waals surface area contributed by atoms with Crippen LogP contribution < -0.4 is 10.6 Å². The summed E-state index contributed by atoms with van der Waals surface area (Å²) in [5.41, 5.74) is 4.55. The molecule has 1 aromatic heterocycles. The van der Waals surface area contributed by atoms with Gasteiger partial charge in [-0.05, 0) is 67.5 Å². The van der Waals surface area contributed by atoms with Crippen molar-refractivity contribution in [2.75, 3.05) is 10.6 Å². The van der Waals surface area contributed by atoms with Crippen molar-refractivity contribution < 1.29 is 9.59 Å². The molecule has 4 rings (SSSR count). The zero-order chi connectivity index (χ0) is 25.1. The van der Waals surface area contributed by atoms with Crippen molar-refractivity contribution >= 4 is 39.1 Å². The number of anilines is 2. The van der Waals surface area contributed by atoms with Crippen LogP contribution >= 0.6 is 15.9 Å². The monoisotopic (exact) mass is 532 g/mol. The molecule has 0 saturated heterocycles. The smallest absolute Gasteiger partial charge is 0.274 e. The lowest BCUT2D eigenvalue weighted by molar-refractivity contribution is -0.117. The summed E-state index contributed by atoms with van der Waals surface area (Å²) in [7, 11) is 0. The van der Waals surface area contributed by atoms with E-state index in [0.717, 1.165) is 28.6 Å². The lowest BCUT2D eigenvalue weighted by atomic mass is 9.96. The average Bonchev–Trinajstić information content (AvgIpc) is 3.40. The van der Waals surface area contributed by atoms with Crippen LogP contribution in [0.25, 0.3) is 0 Å². The molecule has 0 bridgehead atoms. The number of nitrogens with zero attached hydrogens (tertiary/aromatic N) is 2. The Morgan fingerprint density at radius 2 is 1.74 bits per heavy atom. The Morgan fingerprint density at radius 3 is 2.37 bits per heavy atom. The molecule has 2 heterocycles. The van der Waals surface area contributed by atoms with Gasteiger partial charge in [-0.15, -0.1) is 0 Å². The Balaban J connectivity index is 1.61. The first-order valence-electron chi connectivity index (χ1n) is 11.9. The fraction of sp³-hybridized carbons (Fsp3) is 0.321. The van der Waals surface area contributed by atoms with Gasteiger partial charge in [0.2, 0.25) is 5.91 Å². The Kier molecular flexibility index (Phi) is 7.42. The van der Waals surface area contributed by atoms with Crippen molar-refractivity contribution in [1.82, 2.24) is 4.57 Å². The molecule has 1 aliphatic heterocycles. The van der Waals surface area contributed by atoms with Crippen LogP contribution in [0.15, 0.2) is 53.0 Å². The maximum Gasteiger partial charge on any atom is 0.274 e. The summed E-state index contributed by atoms with van der Waals surface area (Å²) in [5, 5.41) is 15.8. The Morgan fingerprint density at radius 1 is 1.06 bits per heavy atom. The van der Waals surface area contributed by atoms with E-state index in [9.17, 15) is 14.9 Å². The predicted molar refractivity (Wildman–Crippen MR) is 142 cm³/mol. The minimum atomic E-state index is -0.438. The topological polar surface area (TPSA) is 86.9 Å². The molecule has 35 heavy (non-hydrogen) atoms. The van der Waals surface area contributed by atoms with E-state index in [4.69, 9.17) is 0 Å². The number of aromatic nitrogens is 1. The first-order valence-corrected chi connectivity index (χ1v) is 12.7. The molecule has 1 atom stereocenters. The highest BCUT2D eigenvalue weighted by Crippen LogP contribution is 2.34. The zero-order valence-corrected chi connectivity index (χ0v) is 21.8. The van der Waals surface area contributed by atoms with E-state index in [0.29, 0.717) is 41.5 Å². The van der Waals surface area contributed by atoms with Gasteiger partial charge in [-0.1, -0.05) is 54.0 Å². The minimum Gasteiger partial charge on any atom is -0.337 e. The lowest BCUT2D eigenvalue weighted by Gasteiger charge is -2.15. The molecule has 1 unspecified atom stereocenters. The van der Waals surface area contributed by atoms with E-state index in [1.165, 1.54) is 5.56 Å². The van der Waals surface area contributed by atoms with Gasteiger partial charge in [0.05, 0.1) is 17.2 Å². The average molecular weight is 533 g/mol. The molecule has 2 aromatic carbocycles. The zero-order valence-electron chi connectivity index (χ0n) is 20.2. The van der Waals surface area contributed by atoms with Crippen LogP contribution in [-0.4, -0.2) is 16.4 Å². The number of carbonyl (C=O) groups excluding carboxylic acids is 2. The number of halogens is 1. The van der Waals surface area contributed by atoms with Crippen molar-refractivity contribution in [2.45, 2.75) is 52.5 Å². The number of hydrogen-bond acceptors (Lipinski definition) is 3. The van der Waals surface area contributed by atoms with Gasteiger partial charge in [0, 0.05) is 22.4 Å². The van der Waals surface area contributed by atoms with Gasteiger partial charge in [0.1, 0.15) is 11.8 Å². The van der Waals surface area contributed by atoms with Crippen LogP contribution in [0.5, 0.6) is 0 Å². The first kappa shape index (κ1) is 24.7. The number of carbonyl (C=O) groups is 2. The number of nitriles is 1. The van der Waals surface area contributed by atoms with Gasteiger partial charge in [-0.3, -0.25) is 9.59 Å². The molecule has 2 amide bonds. The molecule has 0 aliphatic carbocycles. The molecule has 2 N–H and O–H groups in total. The third-order valence-electron chi connectivity index (χ3n) is 6.36. The van der Waals surface area contributed by atoms with Gasteiger partial charge < -0.3 is 15.2 Å². The van der Waals surface area contributed by atoms with E-state index in [1.54, 1.807) is 12.1 Å². The van der Waals surface area contributed by atoms with Gasteiger partial charge in [-0.25, -0.2) is 0 Å². The summed E-state index contributed by atoms with van der Waals surface area (Å²) < 4.78 is 2.78. The number of benzene rings is 2. The molecule has 0 spiro atoms.